The average molecular weight is 380 g/mol. The lowest BCUT2D eigenvalue weighted by Crippen LogP contribution is -2.42. The Morgan fingerprint density at radius 3 is 2.73 bits per heavy atom. The van der Waals surface area contributed by atoms with Crippen LogP contribution in [0.15, 0.2) is 27.4 Å². The minimum atomic E-state index is -0.453. The van der Waals surface area contributed by atoms with E-state index in [0.717, 1.165) is 48.9 Å². The highest BCUT2D eigenvalue weighted by atomic mass is 35.5. The smallest absolute Gasteiger partial charge is 0.336 e. The van der Waals surface area contributed by atoms with E-state index >= 15 is 0 Å². The van der Waals surface area contributed by atoms with Crippen LogP contribution in [0.25, 0.3) is 11.0 Å². The number of hydrogen-bond donors (Lipinski definition) is 2. The monoisotopic (exact) mass is 379 g/mol. The molecular weight excluding hydrogens is 354 g/mol. The molecule has 1 aromatic carbocycles. The number of benzene rings is 1. The molecule has 1 saturated carbocycles. The Morgan fingerprint density at radius 1 is 1.27 bits per heavy atom. The van der Waals surface area contributed by atoms with Gasteiger partial charge in [0.1, 0.15) is 17.4 Å². The predicted molar refractivity (Wildman–Crippen MR) is 103 cm³/mol. The molecule has 2 heterocycles. The molecule has 1 aromatic heterocycles. The maximum atomic E-state index is 11.8. The van der Waals surface area contributed by atoms with Gasteiger partial charge in [-0.1, -0.05) is 6.92 Å². The SMILES string of the molecule is CCc1cc(=O)oc2c(C)c(O[C@@H]3C[C@@H]4CNC[C@@H]4C[C@H]3O)ccc12.Cl. The molecule has 1 aliphatic heterocycles. The number of rotatable bonds is 3. The highest BCUT2D eigenvalue weighted by molar-refractivity contribution is 5.85. The Morgan fingerprint density at radius 2 is 2.00 bits per heavy atom. The Labute approximate surface area is 159 Å². The third-order valence-electron chi connectivity index (χ3n) is 5.84. The quantitative estimate of drug-likeness (QED) is 0.802. The maximum absolute atomic E-state index is 11.8. The molecule has 2 aromatic rings. The molecular formula is C20H26ClNO4. The van der Waals surface area contributed by atoms with Crippen molar-refractivity contribution >= 4 is 23.4 Å². The summed E-state index contributed by atoms with van der Waals surface area (Å²) in [7, 11) is 0. The number of ether oxygens (including phenoxy) is 1. The van der Waals surface area contributed by atoms with Gasteiger partial charge in [-0.05, 0) is 68.8 Å². The first-order valence-corrected chi connectivity index (χ1v) is 9.18. The summed E-state index contributed by atoms with van der Waals surface area (Å²) in [5.41, 5.74) is 2.07. The second kappa shape index (κ2) is 7.59. The molecule has 2 aliphatic rings. The van der Waals surface area contributed by atoms with Gasteiger partial charge < -0.3 is 19.6 Å². The highest BCUT2D eigenvalue weighted by Crippen LogP contribution is 2.36. The van der Waals surface area contributed by atoms with E-state index < -0.39 is 6.10 Å². The third-order valence-corrected chi connectivity index (χ3v) is 5.84. The van der Waals surface area contributed by atoms with E-state index in [1.165, 1.54) is 0 Å². The van der Waals surface area contributed by atoms with E-state index in [4.69, 9.17) is 9.15 Å². The van der Waals surface area contributed by atoms with Gasteiger partial charge in [0.25, 0.3) is 0 Å². The first kappa shape index (κ1) is 19.2. The fourth-order valence-corrected chi connectivity index (χ4v) is 4.37. The maximum Gasteiger partial charge on any atom is 0.336 e. The topological polar surface area (TPSA) is 71.7 Å². The van der Waals surface area contributed by atoms with Crippen LogP contribution in [-0.4, -0.2) is 30.4 Å². The van der Waals surface area contributed by atoms with Crippen LogP contribution in [0.3, 0.4) is 0 Å². The van der Waals surface area contributed by atoms with E-state index in [1.807, 2.05) is 26.0 Å². The van der Waals surface area contributed by atoms with Gasteiger partial charge in [0.15, 0.2) is 0 Å². The summed E-state index contributed by atoms with van der Waals surface area (Å²) in [5.74, 6) is 1.81. The molecule has 2 N–H and O–H groups in total. The van der Waals surface area contributed by atoms with Gasteiger partial charge >= 0.3 is 5.63 Å². The minimum Gasteiger partial charge on any atom is -0.487 e. The van der Waals surface area contributed by atoms with Crippen LogP contribution in [0.2, 0.25) is 0 Å². The first-order chi connectivity index (χ1) is 12.1. The van der Waals surface area contributed by atoms with Crippen LogP contribution in [0, 0.1) is 18.8 Å². The number of hydrogen-bond acceptors (Lipinski definition) is 5. The molecule has 6 heteroatoms. The largest absolute Gasteiger partial charge is 0.487 e. The minimum absolute atomic E-state index is 0. The third kappa shape index (κ3) is 3.36. The van der Waals surface area contributed by atoms with Gasteiger partial charge in [0, 0.05) is 17.0 Å². The summed E-state index contributed by atoms with van der Waals surface area (Å²) in [6.45, 7) is 5.94. The normalized spacial score (nSPS) is 27.8. The van der Waals surface area contributed by atoms with Crippen molar-refractivity contribution in [1.29, 1.82) is 0 Å². The number of nitrogens with one attached hydrogen (secondary N) is 1. The summed E-state index contributed by atoms with van der Waals surface area (Å²) in [6, 6.07) is 5.44. The van der Waals surface area contributed by atoms with Gasteiger partial charge in [-0.15, -0.1) is 12.4 Å². The first-order valence-electron chi connectivity index (χ1n) is 9.18. The number of aryl methyl sites for hydroxylation is 2. The lowest BCUT2D eigenvalue weighted by Gasteiger charge is -2.35. The molecule has 2 fully saturated rings. The fourth-order valence-electron chi connectivity index (χ4n) is 4.37. The van der Waals surface area contributed by atoms with E-state index in [2.05, 4.69) is 5.32 Å². The van der Waals surface area contributed by atoms with Crippen molar-refractivity contribution in [2.75, 3.05) is 13.1 Å². The van der Waals surface area contributed by atoms with E-state index in [-0.39, 0.29) is 24.1 Å². The standard InChI is InChI=1S/C20H25NO4.ClH/c1-3-12-8-19(23)25-20-11(2)17(5-4-15(12)20)24-18-7-14-10-21-9-13(14)6-16(18)22;/h4-5,8,13-14,16,18,21-22H,3,6-7,9-10H2,1-2H3;1H/t13-,14+,16+,18+;/m0./s1. The van der Waals surface area contributed by atoms with E-state index in [9.17, 15) is 9.90 Å². The van der Waals surface area contributed by atoms with E-state index in [0.29, 0.717) is 23.2 Å². The van der Waals surface area contributed by atoms with Crippen LogP contribution in [0.5, 0.6) is 5.75 Å². The Bertz CT molecular complexity index is 850. The lowest BCUT2D eigenvalue weighted by molar-refractivity contribution is -0.0233. The van der Waals surface area contributed by atoms with Gasteiger partial charge in [-0.25, -0.2) is 4.79 Å². The molecule has 1 saturated heterocycles. The Hall–Kier alpha value is -1.56. The van der Waals surface area contributed by atoms with Crippen molar-refractivity contribution in [3.05, 3.63) is 39.7 Å². The van der Waals surface area contributed by atoms with Crippen LogP contribution >= 0.6 is 12.4 Å². The zero-order valence-corrected chi connectivity index (χ0v) is 16.0. The van der Waals surface area contributed by atoms with Crippen molar-refractivity contribution in [1.82, 2.24) is 5.32 Å². The van der Waals surface area contributed by atoms with Crippen molar-refractivity contribution in [3.8, 4) is 5.75 Å². The predicted octanol–water partition coefficient (Wildman–Crippen LogP) is 2.82. The molecule has 1 aliphatic carbocycles. The lowest BCUT2D eigenvalue weighted by atomic mass is 9.78. The van der Waals surface area contributed by atoms with Crippen LogP contribution < -0.4 is 15.7 Å². The average Bonchev–Trinajstić information content (AvgIpc) is 3.04. The Kier molecular flexibility index (Phi) is 5.61. The molecule has 4 rings (SSSR count). The molecule has 0 amide bonds. The summed E-state index contributed by atoms with van der Waals surface area (Å²) < 4.78 is 11.6. The zero-order chi connectivity index (χ0) is 17.6. The zero-order valence-electron chi connectivity index (χ0n) is 15.2. The molecule has 26 heavy (non-hydrogen) atoms. The number of aliphatic hydroxyl groups excluding tert-OH is 1. The molecule has 0 radical (unpaired) electrons. The number of fused-ring (bicyclic) bond motifs is 2. The van der Waals surface area contributed by atoms with Gasteiger partial charge in [0.05, 0.1) is 6.10 Å². The summed E-state index contributed by atoms with van der Waals surface area (Å²) in [6.07, 6.45) is 1.75. The van der Waals surface area contributed by atoms with E-state index in [1.54, 1.807) is 6.07 Å². The van der Waals surface area contributed by atoms with Crippen LogP contribution in [-0.2, 0) is 6.42 Å². The molecule has 0 bridgehead atoms. The molecule has 142 valence electrons. The molecule has 5 nitrogen and oxygen atoms in total. The Balaban J connectivity index is 0.00000196. The number of aliphatic hydroxyl groups is 1. The van der Waals surface area contributed by atoms with Crippen LogP contribution in [0.4, 0.5) is 0 Å². The molecule has 0 spiro atoms. The second-order valence-corrected chi connectivity index (χ2v) is 7.38. The number of halogens is 1. The second-order valence-electron chi connectivity index (χ2n) is 7.38. The fraction of sp³-hybridized carbons (Fsp3) is 0.550. The van der Waals surface area contributed by atoms with Crippen LogP contribution in [0.1, 0.15) is 30.9 Å². The van der Waals surface area contributed by atoms with Crippen molar-refractivity contribution < 1.29 is 14.3 Å². The summed E-state index contributed by atoms with van der Waals surface area (Å²) >= 11 is 0. The van der Waals surface area contributed by atoms with Gasteiger partial charge in [-0.2, -0.15) is 0 Å². The summed E-state index contributed by atoms with van der Waals surface area (Å²) in [5, 5.41) is 14.8. The highest BCUT2D eigenvalue weighted by Gasteiger charge is 2.40. The van der Waals surface area contributed by atoms with Gasteiger partial charge in [0.2, 0.25) is 0 Å². The van der Waals surface area contributed by atoms with Crippen molar-refractivity contribution in [2.24, 2.45) is 11.8 Å². The molecule has 0 unspecified atom stereocenters. The summed E-state index contributed by atoms with van der Waals surface area (Å²) in [4.78, 5) is 11.8. The van der Waals surface area contributed by atoms with Crippen molar-refractivity contribution in [3.63, 3.8) is 0 Å². The molecule has 4 atom stereocenters. The van der Waals surface area contributed by atoms with Gasteiger partial charge in [-0.3, -0.25) is 0 Å². The van der Waals surface area contributed by atoms with Crippen molar-refractivity contribution in [2.45, 2.75) is 45.3 Å².